The normalized spacial score (nSPS) is 25.9. The van der Waals surface area contributed by atoms with Gasteiger partial charge >= 0.3 is 0 Å². The van der Waals surface area contributed by atoms with Gasteiger partial charge in [-0.05, 0) is 33.2 Å². The third-order valence-electron chi connectivity index (χ3n) is 2.16. The van der Waals surface area contributed by atoms with Crippen LogP contribution in [0.2, 0.25) is 0 Å². The molecule has 0 aliphatic carbocycles. The Morgan fingerprint density at radius 3 is 2.27 bits per heavy atom. The van der Waals surface area contributed by atoms with E-state index in [0.717, 1.165) is 13.0 Å². The lowest BCUT2D eigenvalue weighted by molar-refractivity contribution is 0.0278. The molecule has 2 N–H and O–H groups in total. The van der Waals surface area contributed by atoms with E-state index in [-0.39, 0.29) is 17.0 Å². The minimum atomic E-state index is -0.541. The number of nitrogens with one attached hydrogen (secondary N) is 1. The molecule has 2 nitrogen and oxygen atoms in total. The monoisotopic (exact) mass is 223 g/mol. The van der Waals surface area contributed by atoms with Gasteiger partial charge in [0, 0.05) is 6.04 Å². The summed E-state index contributed by atoms with van der Waals surface area (Å²) < 4.78 is 0. The summed E-state index contributed by atoms with van der Waals surface area (Å²) in [5, 5.41) is 12.9. The van der Waals surface area contributed by atoms with Gasteiger partial charge in [-0.3, -0.25) is 0 Å². The molecule has 1 aliphatic rings. The van der Waals surface area contributed by atoms with E-state index in [9.17, 15) is 5.11 Å². The third kappa shape index (κ3) is 3.54. The summed E-state index contributed by atoms with van der Waals surface area (Å²) in [6.45, 7) is 4.81. The summed E-state index contributed by atoms with van der Waals surface area (Å²) >= 11 is 0. The maximum absolute atomic E-state index is 9.58. The van der Waals surface area contributed by atoms with Gasteiger partial charge in [0.2, 0.25) is 0 Å². The molecular formula is C8H18BrNO. The van der Waals surface area contributed by atoms with Gasteiger partial charge < -0.3 is 10.4 Å². The molecule has 11 heavy (non-hydrogen) atoms. The molecule has 1 unspecified atom stereocenters. The summed E-state index contributed by atoms with van der Waals surface area (Å²) in [7, 11) is 0. The molecule has 0 aromatic rings. The molecule has 0 aromatic carbocycles. The molecule has 0 bridgehead atoms. The van der Waals surface area contributed by atoms with E-state index in [4.69, 9.17) is 0 Å². The topological polar surface area (TPSA) is 32.3 Å². The van der Waals surface area contributed by atoms with Crippen molar-refractivity contribution in [2.24, 2.45) is 0 Å². The van der Waals surface area contributed by atoms with E-state index in [0.29, 0.717) is 6.04 Å². The third-order valence-corrected chi connectivity index (χ3v) is 2.16. The summed E-state index contributed by atoms with van der Waals surface area (Å²) in [6, 6.07) is 0.307. The molecule has 1 aliphatic heterocycles. The van der Waals surface area contributed by atoms with Crippen LogP contribution in [0.25, 0.3) is 0 Å². The Balaban J connectivity index is 0.000001000. The summed E-state index contributed by atoms with van der Waals surface area (Å²) in [4.78, 5) is 0. The molecule has 0 radical (unpaired) electrons. The number of aliphatic hydroxyl groups is 1. The summed E-state index contributed by atoms with van der Waals surface area (Å²) in [5.74, 6) is 0. The van der Waals surface area contributed by atoms with Gasteiger partial charge in [0.05, 0.1) is 5.60 Å². The van der Waals surface area contributed by atoms with Gasteiger partial charge in [-0.2, -0.15) is 0 Å². The largest absolute Gasteiger partial charge is 0.389 e. The first-order valence-corrected chi connectivity index (χ1v) is 4.06. The van der Waals surface area contributed by atoms with Gasteiger partial charge in [-0.25, -0.2) is 0 Å². The zero-order chi connectivity index (χ0) is 7.61. The highest BCUT2D eigenvalue weighted by Gasteiger charge is 2.27. The van der Waals surface area contributed by atoms with Crippen molar-refractivity contribution in [3.05, 3.63) is 0 Å². The second-order valence-electron chi connectivity index (χ2n) is 3.66. The van der Waals surface area contributed by atoms with Gasteiger partial charge in [0.1, 0.15) is 0 Å². The average Bonchev–Trinajstić information content (AvgIpc) is 1.88. The van der Waals surface area contributed by atoms with Crippen LogP contribution >= 0.6 is 17.0 Å². The molecule has 1 atom stereocenters. The second kappa shape index (κ2) is 4.43. The van der Waals surface area contributed by atoms with Crippen LogP contribution in [-0.2, 0) is 0 Å². The van der Waals surface area contributed by atoms with Crippen molar-refractivity contribution in [2.75, 3.05) is 6.54 Å². The summed E-state index contributed by atoms with van der Waals surface area (Å²) in [5.41, 5.74) is -0.541. The fourth-order valence-electron chi connectivity index (χ4n) is 1.45. The van der Waals surface area contributed by atoms with E-state index >= 15 is 0 Å². The molecule has 1 saturated heterocycles. The van der Waals surface area contributed by atoms with Crippen LogP contribution in [0.1, 0.15) is 33.1 Å². The van der Waals surface area contributed by atoms with Crippen molar-refractivity contribution in [2.45, 2.75) is 44.8 Å². The lowest BCUT2D eigenvalue weighted by Gasteiger charge is -2.33. The molecule has 0 amide bonds. The van der Waals surface area contributed by atoms with Crippen LogP contribution in [0.15, 0.2) is 0 Å². The smallest absolute Gasteiger partial charge is 0.0744 e. The van der Waals surface area contributed by atoms with Gasteiger partial charge in [-0.1, -0.05) is 6.42 Å². The predicted octanol–water partition coefficient (Wildman–Crippen LogP) is 1.48. The predicted molar refractivity (Wildman–Crippen MR) is 52.3 cm³/mol. The fraction of sp³-hybridized carbons (Fsp3) is 1.00. The Labute approximate surface area is 79.1 Å². The molecule has 0 spiro atoms. The number of hydrogen-bond acceptors (Lipinski definition) is 2. The first kappa shape index (κ1) is 11.4. The molecule has 1 fully saturated rings. The quantitative estimate of drug-likeness (QED) is 0.707. The van der Waals surface area contributed by atoms with Crippen molar-refractivity contribution in [3.8, 4) is 0 Å². The van der Waals surface area contributed by atoms with Crippen molar-refractivity contribution >= 4 is 17.0 Å². The minimum absolute atomic E-state index is 0. The lowest BCUT2D eigenvalue weighted by Crippen LogP contribution is -2.49. The summed E-state index contributed by atoms with van der Waals surface area (Å²) in [6.07, 6.45) is 3.62. The number of rotatable bonds is 1. The maximum atomic E-state index is 9.58. The Hall–Kier alpha value is 0.400. The highest BCUT2D eigenvalue weighted by atomic mass is 79.9. The molecule has 1 heterocycles. The van der Waals surface area contributed by atoms with Crippen LogP contribution in [0.3, 0.4) is 0 Å². The maximum Gasteiger partial charge on any atom is 0.0744 e. The molecular weight excluding hydrogens is 206 g/mol. The zero-order valence-corrected chi connectivity index (χ0v) is 8.97. The Morgan fingerprint density at radius 2 is 2.00 bits per heavy atom. The van der Waals surface area contributed by atoms with Crippen molar-refractivity contribution < 1.29 is 5.11 Å². The van der Waals surface area contributed by atoms with Crippen LogP contribution in [0.4, 0.5) is 0 Å². The van der Waals surface area contributed by atoms with Gasteiger partial charge in [0.15, 0.2) is 0 Å². The SMILES string of the molecule is Br.CC(C)(O)C1CCCCN1. The van der Waals surface area contributed by atoms with Crippen LogP contribution in [0, 0.1) is 0 Å². The average molecular weight is 224 g/mol. The Morgan fingerprint density at radius 1 is 1.36 bits per heavy atom. The number of halogens is 1. The standard InChI is InChI=1S/C8H17NO.BrH/c1-8(2,10)7-5-3-4-6-9-7;/h7,9-10H,3-6H2,1-2H3;1H. The van der Waals surface area contributed by atoms with Crippen molar-refractivity contribution in [1.29, 1.82) is 0 Å². The van der Waals surface area contributed by atoms with Crippen molar-refractivity contribution in [1.82, 2.24) is 5.32 Å². The van der Waals surface area contributed by atoms with Gasteiger partial charge in [0.25, 0.3) is 0 Å². The van der Waals surface area contributed by atoms with E-state index in [1.165, 1.54) is 12.8 Å². The first-order valence-electron chi connectivity index (χ1n) is 4.06. The van der Waals surface area contributed by atoms with Gasteiger partial charge in [-0.15, -0.1) is 17.0 Å². The number of piperidine rings is 1. The molecule has 68 valence electrons. The highest BCUT2D eigenvalue weighted by Crippen LogP contribution is 2.17. The molecule has 3 heteroatoms. The highest BCUT2D eigenvalue weighted by molar-refractivity contribution is 8.93. The Kier molecular flexibility index (Phi) is 4.59. The van der Waals surface area contributed by atoms with Crippen molar-refractivity contribution in [3.63, 3.8) is 0 Å². The van der Waals surface area contributed by atoms with Crippen LogP contribution in [0.5, 0.6) is 0 Å². The van der Waals surface area contributed by atoms with E-state index < -0.39 is 5.60 Å². The van der Waals surface area contributed by atoms with Crippen LogP contribution < -0.4 is 5.32 Å². The van der Waals surface area contributed by atoms with Crippen LogP contribution in [-0.4, -0.2) is 23.3 Å². The molecule has 0 aromatic heterocycles. The van der Waals surface area contributed by atoms with E-state index in [1.807, 2.05) is 13.8 Å². The second-order valence-corrected chi connectivity index (χ2v) is 3.66. The van der Waals surface area contributed by atoms with E-state index in [1.54, 1.807) is 0 Å². The van der Waals surface area contributed by atoms with E-state index in [2.05, 4.69) is 5.32 Å². The first-order chi connectivity index (χ1) is 4.61. The Bertz CT molecular complexity index is 105. The fourth-order valence-corrected chi connectivity index (χ4v) is 1.45. The molecule has 1 rings (SSSR count). The number of hydrogen-bond donors (Lipinski definition) is 2. The minimum Gasteiger partial charge on any atom is -0.389 e. The lowest BCUT2D eigenvalue weighted by atomic mass is 9.91. The molecule has 0 saturated carbocycles. The zero-order valence-electron chi connectivity index (χ0n) is 7.26.